The van der Waals surface area contributed by atoms with E-state index >= 15 is 0 Å². The number of nitrogens with zero attached hydrogens (tertiary/aromatic N) is 2. The number of carboxylic acid groups (broad SMARTS) is 3. The number of rotatable bonds is 11. The third kappa shape index (κ3) is 17.1. The van der Waals surface area contributed by atoms with Crippen LogP contribution in [0.25, 0.3) is 21.8 Å². The number of alkyl halides is 9. The van der Waals surface area contributed by atoms with Crippen LogP contribution in [0, 0.1) is 0 Å². The van der Waals surface area contributed by atoms with Gasteiger partial charge in [0.1, 0.15) is 25.0 Å². The molecule has 0 fully saturated rings. The maximum absolute atomic E-state index is 10.6. The number of aryl methyl sites for hydroxylation is 2. The summed E-state index contributed by atoms with van der Waals surface area (Å²) in [6, 6.07) is 20.9. The van der Waals surface area contributed by atoms with E-state index in [4.69, 9.17) is 41.2 Å². The molecular formula is C34H37F9N4O6. The van der Waals surface area contributed by atoms with Gasteiger partial charge in [-0.15, -0.1) is 0 Å². The van der Waals surface area contributed by atoms with Crippen molar-refractivity contribution in [1.82, 2.24) is 0 Å². The summed E-state index contributed by atoms with van der Waals surface area (Å²) in [5, 5.41) is 27.0. The van der Waals surface area contributed by atoms with Gasteiger partial charge in [-0.1, -0.05) is 49.9 Å². The van der Waals surface area contributed by atoms with E-state index in [1.165, 1.54) is 62.4 Å². The summed E-state index contributed by atoms with van der Waals surface area (Å²) in [6.45, 7) is 2.13. The van der Waals surface area contributed by atoms with Crippen molar-refractivity contribution >= 4 is 51.1 Å². The summed E-state index contributed by atoms with van der Waals surface area (Å²) in [6.07, 6.45) is -0.872. The lowest BCUT2D eigenvalue weighted by Crippen LogP contribution is -2.37. The number of carbonyl (C=O) groups excluding carboxylic acids is 2. The molecule has 0 radical (unpaired) electrons. The van der Waals surface area contributed by atoms with Crippen molar-refractivity contribution < 1.29 is 78.4 Å². The zero-order chi connectivity index (χ0) is 40.4. The number of halogens is 9. The molecule has 0 saturated heterocycles. The first kappa shape index (κ1) is 45.7. The second-order valence-electron chi connectivity index (χ2n) is 11.2. The third-order valence-electron chi connectivity index (χ3n) is 7.17. The minimum Gasteiger partial charge on any atom is -0.542 e. The highest BCUT2D eigenvalue weighted by atomic mass is 19.4. The van der Waals surface area contributed by atoms with Crippen LogP contribution in [0.1, 0.15) is 51.4 Å². The Bertz CT molecular complexity index is 1630. The van der Waals surface area contributed by atoms with Crippen molar-refractivity contribution in [2.24, 2.45) is 0 Å². The van der Waals surface area contributed by atoms with E-state index in [9.17, 15) is 39.5 Å². The molecule has 2 aromatic carbocycles. The van der Waals surface area contributed by atoms with Crippen molar-refractivity contribution in [2.45, 2.75) is 83.0 Å². The molecule has 4 aromatic rings. The molecule has 0 aliphatic carbocycles. The van der Waals surface area contributed by atoms with Crippen LogP contribution in [-0.4, -0.2) is 41.5 Å². The Morgan fingerprint density at radius 3 is 1.06 bits per heavy atom. The van der Waals surface area contributed by atoms with E-state index in [0.717, 1.165) is 35.2 Å². The topological polar surface area (TPSA) is 177 Å². The van der Waals surface area contributed by atoms with Crippen LogP contribution in [0.2, 0.25) is 0 Å². The quantitative estimate of drug-likeness (QED) is 0.111. The van der Waals surface area contributed by atoms with E-state index in [2.05, 4.69) is 70.1 Å². The molecule has 0 spiro atoms. The highest BCUT2D eigenvalue weighted by molar-refractivity contribution is 5.88. The number of hydrogen-bond acceptors (Lipinski definition) is 7. The van der Waals surface area contributed by atoms with Gasteiger partial charge in [-0.3, -0.25) is 0 Å². The Morgan fingerprint density at radius 2 is 0.792 bits per heavy atom. The number of anilines is 2. The molecule has 2 aromatic heterocycles. The molecule has 19 heteroatoms. The molecule has 0 amide bonds. The molecule has 0 unspecified atom stereocenters. The van der Waals surface area contributed by atoms with Crippen molar-refractivity contribution in [1.29, 1.82) is 0 Å². The molecule has 0 saturated carbocycles. The lowest BCUT2D eigenvalue weighted by molar-refractivity contribution is -0.672. The van der Waals surface area contributed by atoms with Crippen LogP contribution in [0.15, 0.2) is 73.1 Å². The SMILES string of the molecule is Nc1cc[n+](CCCCCCCCCC[n+]2ccc(N)c3ccccc32)c2ccccc12.O=C(O)C(F)(F)F.O=C([O-])C(F)(F)F.O=C([O-])C(F)(F)F. The van der Waals surface area contributed by atoms with Gasteiger partial charge >= 0.3 is 24.5 Å². The summed E-state index contributed by atoms with van der Waals surface area (Å²) in [7, 11) is 0. The predicted molar refractivity (Wildman–Crippen MR) is 170 cm³/mol. The number of carboxylic acids is 3. The Balaban J connectivity index is 0.000000545. The zero-order valence-corrected chi connectivity index (χ0v) is 27.9. The fourth-order valence-corrected chi connectivity index (χ4v) is 4.63. The third-order valence-corrected chi connectivity index (χ3v) is 7.17. The van der Waals surface area contributed by atoms with E-state index in [1.54, 1.807) is 0 Å². The fourth-order valence-electron chi connectivity index (χ4n) is 4.63. The Morgan fingerprint density at radius 1 is 0.528 bits per heavy atom. The molecule has 4 rings (SSSR count). The number of nitrogen functional groups attached to an aromatic ring is 2. The van der Waals surface area contributed by atoms with Crippen LogP contribution >= 0.6 is 0 Å². The summed E-state index contributed by atoms with van der Waals surface area (Å²) in [4.78, 5) is 26.5. The minimum atomic E-state index is -5.19. The number of nitrogens with two attached hydrogens (primary N) is 2. The summed E-state index contributed by atoms with van der Waals surface area (Å²) < 4.78 is 99.5. The van der Waals surface area contributed by atoms with Crippen LogP contribution in [0.3, 0.4) is 0 Å². The van der Waals surface area contributed by atoms with Gasteiger partial charge in [-0.2, -0.15) is 48.6 Å². The maximum Gasteiger partial charge on any atom is 0.490 e. The Kier molecular flexibility index (Phi) is 18.3. The molecule has 53 heavy (non-hydrogen) atoms. The number of benzene rings is 2. The molecule has 0 atom stereocenters. The Labute approximate surface area is 297 Å². The van der Waals surface area contributed by atoms with Crippen molar-refractivity contribution in [2.75, 3.05) is 11.5 Å². The number of para-hydroxylation sites is 2. The molecule has 0 aliphatic rings. The minimum absolute atomic E-state index is 0.861. The van der Waals surface area contributed by atoms with Crippen molar-refractivity contribution in [3.8, 4) is 0 Å². The molecule has 0 aliphatic heterocycles. The lowest BCUT2D eigenvalue weighted by atomic mass is 10.1. The molecule has 5 N–H and O–H groups in total. The standard InChI is InChI=1S/C28H34N4.3C2HF3O2/c29-25-17-21-31(27-15-9-7-13-23(25)27)19-11-5-3-1-2-4-6-12-20-32-22-18-26(30)24-14-8-10-16-28(24)32;3*3-2(4,5)1(6)7/h7-10,13-18,21-22,29-30H,1-6,11-12,19-20H2;3*(H,6,7). The van der Waals surface area contributed by atoms with E-state index in [0.29, 0.717) is 0 Å². The highest BCUT2D eigenvalue weighted by Gasteiger charge is 2.38. The predicted octanol–water partition coefficient (Wildman–Crippen LogP) is 4.78. The second-order valence-corrected chi connectivity index (χ2v) is 11.2. The van der Waals surface area contributed by atoms with E-state index in [1.807, 2.05) is 12.1 Å². The van der Waals surface area contributed by atoms with Crippen LogP contribution in [-0.2, 0) is 27.5 Å². The second kappa shape index (κ2) is 21.2. The largest absolute Gasteiger partial charge is 0.542 e. The first-order valence-electron chi connectivity index (χ1n) is 15.8. The van der Waals surface area contributed by atoms with Crippen LogP contribution in [0.5, 0.6) is 0 Å². The van der Waals surface area contributed by atoms with Gasteiger partial charge in [0, 0.05) is 37.1 Å². The van der Waals surface area contributed by atoms with Crippen molar-refractivity contribution in [3.63, 3.8) is 0 Å². The fraction of sp³-hybridized carbons (Fsp3) is 0.382. The molecular weight excluding hydrogens is 731 g/mol. The summed E-state index contributed by atoms with van der Waals surface area (Å²) in [5.41, 5.74) is 16.4. The molecule has 292 valence electrons. The van der Waals surface area contributed by atoms with E-state index in [-0.39, 0.29) is 0 Å². The monoisotopic (exact) mass is 768 g/mol. The number of hydrogen-bond donors (Lipinski definition) is 3. The smallest absolute Gasteiger partial charge is 0.490 e. The number of aromatic nitrogens is 2. The van der Waals surface area contributed by atoms with Gasteiger partial charge < -0.3 is 36.4 Å². The first-order valence-corrected chi connectivity index (χ1v) is 15.8. The van der Waals surface area contributed by atoms with Gasteiger partial charge in [-0.25, -0.2) is 4.79 Å². The Hall–Kier alpha value is -5.36. The van der Waals surface area contributed by atoms with Crippen molar-refractivity contribution in [3.05, 3.63) is 73.1 Å². The number of fused-ring (bicyclic) bond motifs is 2. The average Bonchev–Trinajstić information content (AvgIpc) is 3.07. The molecule has 0 bridgehead atoms. The number of pyridine rings is 2. The molecule has 2 heterocycles. The summed E-state index contributed by atoms with van der Waals surface area (Å²) >= 11 is 0. The first-order chi connectivity index (χ1) is 24.6. The highest BCUT2D eigenvalue weighted by Crippen LogP contribution is 2.19. The van der Waals surface area contributed by atoms with Crippen LogP contribution in [0.4, 0.5) is 50.9 Å². The summed E-state index contributed by atoms with van der Waals surface area (Å²) in [5.74, 6) is -8.77. The van der Waals surface area contributed by atoms with Crippen LogP contribution < -0.4 is 30.8 Å². The number of carbonyl (C=O) groups is 3. The van der Waals surface area contributed by atoms with Gasteiger partial charge in [0.25, 0.3) is 0 Å². The molecule has 10 nitrogen and oxygen atoms in total. The van der Waals surface area contributed by atoms with E-state index < -0.39 is 36.4 Å². The maximum atomic E-state index is 10.6. The number of unbranched alkanes of at least 4 members (excludes halogenated alkanes) is 7. The average molecular weight is 769 g/mol. The van der Waals surface area contributed by atoms with Gasteiger partial charge in [0.2, 0.25) is 11.0 Å². The number of aliphatic carboxylic acids is 3. The van der Waals surface area contributed by atoms with Gasteiger partial charge in [0.05, 0.1) is 22.1 Å². The van der Waals surface area contributed by atoms with Gasteiger partial charge in [-0.05, 0) is 25.0 Å². The van der Waals surface area contributed by atoms with Gasteiger partial charge in [0.15, 0.2) is 12.4 Å². The normalized spacial score (nSPS) is 11.3. The zero-order valence-electron chi connectivity index (χ0n) is 27.9. The lowest BCUT2D eigenvalue weighted by Gasteiger charge is -2.05.